The highest BCUT2D eigenvalue weighted by Crippen LogP contribution is 2.30. The van der Waals surface area contributed by atoms with Gasteiger partial charge in [0.2, 0.25) is 11.7 Å². The molecule has 136 valence electrons. The largest absolute Gasteiger partial charge is 0.497 e. The zero-order chi connectivity index (χ0) is 19.0. The summed E-state index contributed by atoms with van der Waals surface area (Å²) < 4.78 is 16.0. The van der Waals surface area contributed by atoms with E-state index in [-0.39, 0.29) is 11.7 Å². The van der Waals surface area contributed by atoms with Crippen LogP contribution in [0.15, 0.2) is 51.4 Å². The van der Waals surface area contributed by atoms with Gasteiger partial charge >= 0.3 is 0 Å². The molecule has 1 N–H and O–H groups in total. The third kappa shape index (κ3) is 3.03. The molecule has 0 aliphatic carbocycles. The fraction of sp³-hybridized carbons (Fsp3) is 0.150. The number of hydrogen-bond acceptors (Lipinski definition) is 6. The minimum absolute atomic E-state index is 0.248. The van der Waals surface area contributed by atoms with Crippen molar-refractivity contribution in [3.05, 3.63) is 59.7 Å². The molecular formula is C20H17N3O4. The summed E-state index contributed by atoms with van der Waals surface area (Å²) >= 11 is 0. The van der Waals surface area contributed by atoms with Crippen LogP contribution < -0.4 is 10.1 Å². The van der Waals surface area contributed by atoms with Gasteiger partial charge in [0.05, 0.1) is 12.8 Å². The smallest absolute Gasteiger partial charge is 0.291 e. The van der Waals surface area contributed by atoms with Crippen LogP contribution in [0.3, 0.4) is 0 Å². The number of benzene rings is 2. The van der Waals surface area contributed by atoms with Crippen LogP contribution >= 0.6 is 0 Å². The van der Waals surface area contributed by atoms with Gasteiger partial charge in [-0.25, -0.2) is 0 Å². The molecule has 0 aliphatic heterocycles. The van der Waals surface area contributed by atoms with Gasteiger partial charge in [0, 0.05) is 23.4 Å². The summed E-state index contributed by atoms with van der Waals surface area (Å²) in [5, 5.41) is 7.64. The fourth-order valence-electron chi connectivity index (χ4n) is 2.92. The number of carbonyl (C=O) groups excluding carboxylic acids is 1. The van der Waals surface area contributed by atoms with E-state index in [0.29, 0.717) is 34.3 Å². The van der Waals surface area contributed by atoms with Crippen LogP contribution in [0, 0.1) is 13.8 Å². The third-order valence-corrected chi connectivity index (χ3v) is 4.29. The van der Waals surface area contributed by atoms with Gasteiger partial charge in [0.15, 0.2) is 5.76 Å². The number of ether oxygens (including phenoxy) is 1. The number of para-hydroxylation sites is 1. The van der Waals surface area contributed by atoms with E-state index < -0.39 is 0 Å². The molecule has 4 aromatic rings. The van der Waals surface area contributed by atoms with E-state index in [1.54, 1.807) is 32.2 Å². The molecule has 7 nitrogen and oxygen atoms in total. The Kier molecular flexibility index (Phi) is 4.12. The maximum atomic E-state index is 12.8. The first-order valence-corrected chi connectivity index (χ1v) is 8.35. The average Bonchev–Trinajstić information content (AvgIpc) is 3.25. The van der Waals surface area contributed by atoms with Crippen LogP contribution in [-0.2, 0) is 0 Å². The lowest BCUT2D eigenvalue weighted by Gasteiger charge is -2.07. The molecule has 2 aromatic carbocycles. The van der Waals surface area contributed by atoms with Crippen LogP contribution in [0.1, 0.15) is 22.0 Å². The number of methoxy groups -OCH3 is 1. The molecule has 2 aromatic heterocycles. The Morgan fingerprint density at radius 1 is 1.15 bits per heavy atom. The molecule has 0 saturated carbocycles. The summed E-state index contributed by atoms with van der Waals surface area (Å²) in [7, 11) is 1.60. The first-order valence-electron chi connectivity index (χ1n) is 8.35. The lowest BCUT2D eigenvalue weighted by Crippen LogP contribution is -2.13. The summed E-state index contributed by atoms with van der Waals surface area (Å²) in [5.74, 6) is 1.46. The molecule has 0 spiro atoms. The van der Waals surface area contributed by atoms with Gasteiger partial charge < -0.3 is 19.0 Å². The number of fused-ring (bicyclic) bond motifs is 1. The van der Waals surface area contributed by atoms with Gasteiger partial charge in [-0.3, -0.25) is 4.79 Å². The second-order valence-corrected chi connectivity index (χ2v) is 6.05. The van der Waals surface area contributed by atoms with Gasteiger partial charge in [-0.2, -0.15) is 4.98 Å². The first-order chi connectivity index (χ1) is 13.1. The van der Waals surface area contributed by atoms with E-state index in [0.717, 1.165) is 10.9 Å². The predicted octanol–water partition coefficient (Wildman–Crippen LogP) is 4.36. The number of nitrogens with one attached hydrogen (secondary N) is 1. The number of amides is 1. The van der Waals surface area contributed by atoms with E-state index in [4.69, 9.17) is 13.7 Å². The van der Waals surface area contributed by atoms with Crippen molar-refractivity contribution in [3.63, 3.8) is 0 Å². The van der Waals surface area contributed by atoms with Crippen molar-refractivity contribution in [2.24, 2.45) is 0 Å². The minimum Gasteiger partial charge on any atom is -0.497 e. The molecule has 0 aliphatic rings. The molecule has 0 radical (unpaired) electrons. The predicted molar refractivity (Wildman–Crippen MR) is 99.9 cm³/mol. The van der Waals surface area contributed by atoms with E-state index in [1.165, 1.54) is 0 Å². The Bertz CT molecular complexity index is 1140. The minimum atomic E-state index is -0.352. The Hall–Kier alpha value is -3.61. The molecule has 0 atom stereocenters. The van der Waals surface area contributed by atoms with Crippen molar-refractivity contribution < 1.29 is 18.5 Å². The number of furan rings is 1. The maximum absolute atomic E-state index is 12.8. The highest BCUT2D eigenvalue weighted by Gasteiger charge is 2.20. The summed E-state index contributed by atoms with van der Waals surface area (Å²) in [4.78, 5) is 17.1. The van der Waals surface area contributed by atoms with Gasteiger partial charge in [-0.1, -0.05) is 17.3 Å². The Balaban J connectivity index is 1.69. The molecule has 4 rings (SSSR count). The van der Waals surface area contributed by atoms with E-state index in [1.807, 2.05) is 31.2 Å². The van der Waals surface area contributed by atoms with Crippen LogP contribution in [0.5, 0.6) is 5.75 Å². The standard InChI is InChI=1S/C20H17N3O4/c1-11-15-10-13(25-3)8-9-17(15)26-18(11)20(24)22-16-7-5-4-6-14(16)19-21-12(2)27-23-19/h4-10H,1-3H3,(H,22,24). The SMILES string of the molecule is COc1ccc2oc(C(=O)Nc3ccccc3-c3noc(C)n3)c(C)c2c1. The van der Waals surface area contributed by atoms with Crippen molar-refractivity contribution in [1.82, 2.24) is 10.1 Å². The summed E-state index contributed by atoms with van der Waals surface area (Å²) in [6.07, 6.45) is 0. The molecule has 0 unspecified atom stereocenters. The fourth-order valence-corrected chi connectivity index (χ4v) is 2.92. The van der Waals surface area contributed by atoms with Crippen molar-refractivity contribution >= 4 is 22.6 Å². The van der Waals surface area contributed by atoms with Crippen molar-refractivity contribution in [2.75, 3.05) is 12.4 Å². The zero-order valence-corrected chi connectivity index (χ0v) is 15.1. The van der Waals surface area contributed by atoms with E-state index in [9.17, 15) is 4.79 Å². The number of anilines is 1. The molecule has 27 heavy (non-hydrogen) atoms. The number of aromatic nitrogens is 2. The van der Waals surface area contributed by atoms with Gasteiger partial charge in [-0.15, -0.1) is 0 Å². The molecule has 2 heterocycles. The quantitative estimate of drug-likeness (QED) is 0.579. The first kappa shape index (κ1) is 16.8. The van der Waals surface area contributed by atoms with Crippen molar-refractivity contribution in [2.45, 2.75) is 13.8 Å². The van der Waals surface area contributed by atoms with Gasteiger partial charge in [0.1, 0.15) is 11.3 Å². The van der Waals surface area contributed by atoms with Crippen LogP contribution in [-0.4, -0.2) is 23.2 Å². The number of nitrogens with zero attached hydrogens (tertiary/aromatic N) is 2. The van der Waals surface area contributed by atoms with E-state index >= 15 is 0 Å². The highest BCUT2D eigenvalue weighted by atomic mass is 16.5. The second kappa shape index (κ2) is 6.60. The lowest BCUT2D eigenvalue weighted by molar-refractivity contribution is 0.0998. The molecule has 7 heteroatoms. The number of hydrogen-bond donors (Lipinski definition) is 1. The zero-order valence-electron chi connectivity index (χ0n) is 15.1. The van der Waals surface area contributed by atoms with Crippen LogP contribution in [0.25, 0.3) is 22.4 Å². The molecular weight excluding hydrogens is 346 g/mol. The van der Waals surface area contributed by atoms with Crippen molar-refractivity contribution in [1.29, 1.82) is 0 Å². The van der Waals surface area contributed by atoms with Crippen molar-refractivity contribution in [3.8, 4) is 17.1 Å². The number of rotatable bonds is 4. The third-order valence-electron chi connectivity index (χ3n) is 4.29. The van der Waals surface area contributed by atoms with Crippen LogP contribution in [0.2, 0.25) is 0 Å². The van der Waals surface area contributed by atoms with Crippen LogP contribution in [0.4, 0.5) is 5.69 Å². The lowest BCUT2D eigenvalue weighted by atomic mass is 10.1. The molecule has 0 fully saturated rings. The number of aryl methyl sites for hydroxylation is 2. The topological polar surface area (TPSA) is 90.4 Å². The summed E-state index contributed by atoms with van der Waals surface area (Å²) in [6.45, 7) is 3.55. The Morgan fingerprint density at radius 3 is 2.70 bits per heavy atom. The van der Waals surface area contributed by atoms with Gasteiger partial charge in [0.25, 0.3) is 5.91 Å². The number of carbonyl (C=O) groups is 1. The maximum Gasteiger partial charge on any atom is 0.291 e. The molecule has 0 saturated heterocycles. The highest BCUT2D eigenvalue weighted by molar-refractivity contribution is 6.08. The normalized spacial score (nSPS) is 10.9. The average molecular weight is 363 g/mol. The Labute approximate surface area is 154 Å². The summed E-state index contributed by atoms with van der Waals surface area (Å²) in [5.41, 5.74) is 2.61. The Morgan fingerprint density at radius 2 is 1.96 bits per heavy atom. The monoisotopic (exact) mass is 363 g/mol. The van der Waals surface area contributed by atoms with E-state index in [2.05, 4.69) is 15.5 Å². The summed E-state index contributed by atoms with van der Waals surface area (Å²) in [6, 6.07) is 12.7. The molecule has 0 bridgehead atoms. The molecule has 1 amide bonds. The van der Waals surface area contributed by atoms with Gasteiger partial charge in [-0.05, 0) is 37.3 Å². The second-order valence-electron chi connectivity index (χ2n) is 6.05.